The largest absolute Gasteiger partial charge is 0.495 e. The van der Waals surface area contributed by atoms with Crippen LogP contribution in [0.4, 0.5) is 5.69 Å². The highest BCUT2D eigenvalue weighted by Gasteiger charge is 2.17. The quantitative estimate of drug-likeness (QED) is 0.907. The van der Waals surface area contributed by atoms with Gasteiger partial charge >= 0.3 is 0 Å². The van der Waals surface area contributed by atoms with E-state index in [9.17, 15) is 4.79 Å². The minimum atomic E-state index is -0.587. The molecular formula is C10H11Cl2NO3. The summed E-state index contributed by atoms with van der Waals surface area (Å²) < 4.78 is 4.98. The van der Waals surface area contributed by atoms with Crippen molar-refractivity contribution in [2.75, 3.05) is 25.7 Å². The molecule has 88 valence electrons. The van der Waals surface area contributed by atoms with Crippen LogP contribution in [0.1, 0.15) is 0 Å². The number of nitrogens with zero attached hydrogens (tertiary/aromatic N) is 1. The van der Waals surface area contributed by atoms with E-state index in [0.29, 0.717) is 11.4 Å². The maximum Gasteiger partial charge on any atom is 0.252 e. The lowest BCUT2D eigenvalue weighted by atomic mass is 10.2. The van der Waals surface area contributed by atoms with Gasteiger partial charge in [0.2, 0.25) is 0 Å². The van der Waals surface area contributed by atoms with Crippen LogP contribution in [0, 0.1) is 0 Å². The van der Waals surface area contributed by atoms with Gasteiger partial charge in [0.05, 0.1) is 17.8 Å². The number of anilines is 1. The number of halogens is 2. The summed E-state index contributed by atoms with van der Waals surface area (Å²) in [6, 6.07) is 3.20. The van der Waals surface area contributed by atoms with Gasteiger partial charge in [0.1, 0.15) is 17.4 Å². The molecule has 1 aromatic carbocycles. The third-order valence-corrected chi connectivity index (χ3v) is 2.97. The Labute approximate surface area is 103 Å². The van der Waals surface area contributed by atoms with Gasteiger partial charge in [-0.25, -0.2) is 0 Å². The van der Waals surface area contributed by atoms with Gasteiger partial charge in [0.25, 0.3) is 5.91 Å². The number of aliphatic hydroxyl groups is 1. The van der Waals surface area contributed by atoms with Crippen LogP contribution in [0.3, 0.4) is 0 Å². The average Bonchev–Trinajstić information content (AvgIpc) is 2.30. The second kappa shape index (κ2) is 5.39. The van der Waals surface area contributed by atoms with Crippen LogP contribution in [-0.4, -0.2) is 31.8 Å². The van der Waals surface area contributed by atoms with Crippen molar-refractivity contribution in [3.05, 3.63) is 22.2 Å². The second-order valence-electron chi connectivity index (χ2n) is 3.03. The molecule has 0 aliphatic rings. The van der Waals surface area contributed by atoms with Crippen molar-refractivity contribution in [2.45, 2.75) is 0 Å². The molecule has 1 amide bonds. The average molecular weight is 264 g/mol. The third kappa shape index (κ3) is 2.40. The summed E-state index contributed by atoms with van der Waals surface area (Å²) in [6.07, 6.45) is 0. The van der Waals surface area contributed by atoms with Crippen molar-refractivity contribution in [3.8, 4) is 5.75 Å². The van der Waals surface area contributed by atoms with E-state index < -0.39 is 12.5 Å². The topological polar surface area (TPSA) is 49.8 Å². The molecule has 0 saturated heterocycles. The molecule has 0 aromatic heterocycles. The SMILES string of the molecule is COc1ccc(N(C)C(=O)CO)c(Cl)c1Cl. The molecule has 0 fully saturated rings. The third-order valence-electron chi connectivity index (χ3n) is 2.12. The molecule has 0 atom stereocenters. The number of aliphatic hydroxyl groups excluding tert-OH is 1. The van der Waals surface area contributed by atoms with Crippen molar-refractivity contribution < 1.29 is 14.6 Å². The Morgan fingerprint density at radius 1 is 1.44 bits per heavy atom. The summed E-state index contributed by atoms with van der Waals surface area (Å²) in [4.78, 5) is 12.5. The van der Waals surface area contributed by atoms with Crippen molar-refractivity contribution in [1.82, 2.24) is 0 Å². The van der Waals surface area contributed by atoms with Crippen LogP contribution in [0.2, 0.25) is 10.0 Å². The van der Waals surface area contributed by atoms with E-state index in [0.717, 1.165) is 0 Å². The van der Waals surface area contributed by atoms with Crippen LogP contribution in [0.15, 0.2) is 12.1 Å². The predicted molar refractivity (Wildman–Crippen MR) is 63.5 cm³/mol. The first-order valence-corrected chi connectivity index (χ1v) is 5.18. The summed E-state index contributed by atoms with van der Waals surface area (Å²) in [5.74, 6) is -0.0385. The molecule has 0 radical (unpaired) electrons. The molecule has 1 aromatic rings. The van der Waals surface area contributed by atoms with Gasteiger partial charge in [-0.05, 0) is 12.1 Å². The van der Waals surface area contributed by atoms with Crippen LogP contribution in [0.5, 0.6) is 5.75 Å². The number of benzene rings is 1. The van der Waals surface area contributed by atoms with E-state index in [1.807, 2.05) is 0 Å². The Morgan fingerprint density at radius 3 is 2.56 bits per heavy atom. The number of amides is 1. The fourth-order valence-electron chi connectivity index (χ4n) is 1.18. The molecule has 0 saturated carbocycles. The summed E-state index contributed by atoms with van der Waals surface area (Å²) in [5.41, 5.74) is 0.423. The smallest absolute Gasteiger partial charge is 0.252 e. The van der Waals surface area contributed by atoms with E-state index in [1.54, 1.807) is 12.1 Å². The monoisotopic (exact) mass is 263 g/mol. The normalized spacial score (nSPS) is 10.1. The molecular weight excluding hydrogens is 253 g/mol. The van der Waals surface area contributed by atoms with Crippen molar-refractivity contribution in [1.29, 1.82) is 0 Å². The summed E-state index contributed by atoms with van der Waals surface area (Å²) in [5, 5.41) is 9.18. The molecule has 0 spiro atoms. The van der Waals surface area contributed by atoms with E-state index >= 15 is 0 Å². The zero-order valence-corrected chi connectivity index (χ0v) is 10.3. The lowest BCUT2D eigenvalue weighted by Gasteiger charge is -2.19. The first kappa shape index (κ1) is 13.1. The first-order valence-electron chi connectivity index (χ1n) is 4.42. The standard InChI is InChI=1S/C10H11Cl2NO3/c1-13(8(15)5-14)6-3-4-7(16-2)10(12)9(6)11/h3-4,14H,5H2,1-2H3. The maximum atomic E-state index is 11.3. The highest BCUT2D eigenvalue weighted by atomic mass is 35.5. The molecule has 0 bridgehead atoms. The number of hydrogen-bond acceptors (Lipinski definition) is 3. The van der Waals surface area contributed by atoms with E-state index in [2.05, 4.69) is 0 Å². The maximum absolute atomic E-state index is 11.3. The molecule has 1 rings (SSSR count). The van der Waals surface area contributed by atoms with Crippen LogP contribution >= 0.6 is 23.2 Å². The number of likely N-dealkylation sites (N-methyl/N-ethyl adjacent to an activating group) is 1. The number of rotatable bonds is 3. The zero-order chi connectivity index (χ0) is 12.3. The van der Waals surface area contributed by atoms with Crippen molar-refractivity contribution in [3.63, 3.8) is 0 Å². The van der Waals surface area contributed by atoms with E-state index in [1.165, 1.54) is 19.1 Å². The van der Waals surface area contributed by atoms with Gasteiger partial charge in [-0.3, -0.25) is 4.79 Å². The molecule has 0 aliphatic heterocycles. The Balaban J connectivity index is 3.17. The van der Waals surface area contributed by atoms with Gasteiger partial charge in [-0.1, -0.05) is 23.2 Å². The Hall–Kier alpha value is -0.970. The van der Waals surface area contributed by atoms with Crippen LogP contribution < -0.4 is 9.64 Å². The van der Waals surface area contributed by atoms with Gasteiger partial charge < -0.3 is 14.7 Å². The van der Waals surface area contributed by atoms with Gasteiger partial charge in [-0.15, -0.1) is 0 Å². The van der Waals surface area contributed by atoms with Crippen molar-refractivity contribution >= 4 is 34.8 Å². The predicted octanol–water partition coefficient (Wildman–Crippen LogP) is 1.96. The summed E-state index contributed by atoms with van der Waals surface area (Å²) in [7, 11) is 2.97. The Morgan fingerprint density at radius 2 is 2.06 bits per heavy atom. The Kier molecular flexibility index (Phi) is 4.41. The second-order valence-corrected chi connectivity index (χ2v) is 3.78. The summed E-state index contributed by atoms with van der Waals surface area (Å²) >= 11 is 11.9. The molecule has 1 N–H and O–H groups in total. The summed E-state index contributed by atoms with van der Waals surface area (Å²) in [6.45, 7) is -0.587. The highest BCUT2D eigenvalue weighted by Crippen LogP contribution is 2.38. The van der Waals surface area contributed by atoms with Gasteiger partial charge in [0, 0.05) is 7.05 Å². The van der Waals surface area contributed by atoms with Gasteiger partial charge in [-0.2, -0.15) is 0 Å². The van der Waals surface area contributed by atoms with Crippen LogP contribution in [0.25, 0.3) is 0 Å². The fourth-order valence-corrected chi connectivity index (χ4v) is 1.70. The van der Waals surface area contributed by atoms with E-state index in [-0.39, 0.29) is 10.0 Å². The minimum Gasteiger partial charge on any atom is -0.495 e. The number of ether oxygens (including phenoxy) is 1. The number of methoxy groups -OCH3 is 1. The van der Waals surface area contributed by atoms with Gasteiger partial charge in [0.15, 0.2) is 0 Å². The molecule has 4 nitrogen and oxygen atoms in total. The van der Waals surface area contributed by atoms with Crippen LogP contribution in [-0.2, 0) is 4.79 Å². The Bertz CT molecular complexity index is 409. The fraction of sp³-hybridized carbons (Fsp3) is 0.300. The molecule has 0 aliphatic carbocycles. The molecule has 0 heterocycles. The minimum absolute atomic E-state index is 0.213. The zero-order valence-electron chi connectivity index (χ0n) is 8.83. The number of carbonyl (C=O) groups excluding carboxylic acids is 1. The first-order chi connectivity index (χ1) is 7.52. The highest BCUT2D eigenvalue weighted by molar-refractivity contribution is 6.44. The number of hydrogen-bond donors (Lipinski definition) is 1. The molecule has 6 heteroatoms. The van der Waals surface area contributed by atoms with E-state index in [4.69, 9.17) is 33.0 Å². The lowest BCUT2D eigenvalue weighted by Crippen LogP contribution is -2.29. The molecule has 16 heavy (non-hydrogen) atoms. The lowest BCUT2D eigenvalue weighted by molar-refractivity contribution is -0.120. The number of carbonyl (C=O) groups is 1. The van der Waals surface area contributed by atoms with Crippen molar-refractivity contribution in [2.24, 2.45) is 0 Å². The molecule has 0 unspecified atom stereocenters.